The van der Waals surface area contributed by atoms with Crippen molar-refractivity contribution in [2.24, 2.45) is 0 Å². The predicted molar refractivity (Wildman–Crippen MR) is 132 cm³/mol. The number of methoxy groups -OCH3 is 1. The second-order valence-electron chi connectivity index (χ2n) is 9.73. The summed E-state index contributed by atoms with van der Waals surface area (Å²) in [5.74, 6) is 0.141. The molecule has 4 rings (SSSR count). The highest BCUT2D eigenvalue weighted by atomic mass is 16.5. The Kier molecular flexibility index (Phi) is 8.45. The molecule has 33 heavy (non-hydrogen) atoms. The van der Waals surface area contributed by atoms with Crippen LogP contribution in [0.15, 0.2) is 23.9 Å². The number of hydrogen-bond acceptors (Lipinski definition) is 4. The number of nitrogens with one attached hydrogen (secondary N) is 1. The first-order valence-corrected chi connectivity index (χ1v) is 12.8. The number of unbranched alkanes of at least 4 members (excludes halogenated alkanes) is 1. The topological polar surface area (TPSA) is 55.7 Å². The highest BCUT2D eigenvalue weighted by molar-refractivity contribution is 5.82. The van der Waals surface area contributed by atoms with Gasteiger partial charge in [0.05, 0.1) is 12.6 Å². The fourth-order valence-electron chi connectivity index (χ4n) is 5.13. The van der Waals surface area contributed by atoms with Crippen molar-refractivity contribution in [1.82, 2.24) is 14.8 Å². The Hall–Kier alpha value is -1.89. The molecule has 1 aromatic heterocycles. The zero-order chi connectivity index (χ0) is 23.2. The van der Waals surface area contributed by atoms with E-state index in [9.17, 15) is 4.79 Å². The van der Waals surface area contributed by atoms with Gasteiger partial charge in [0, 0.05) is 56.8 Å². The van der Waals surface area contributed by atoms with Crippen molar-refractivity contribution >= 4 is 12.0 Å². The van der Waals surface area contributed by atoms with Crippen molar-refractivity contribution in [3.63, 3.8) is 0 Å². The molecule has 2 atom stereocenters. The summed E-state index contributed by atoms with van der Waals surface area (Å²) < 4.78 is 13.6. The quantitative estimate of drug-likeness (QED) is 0.566. The number of nitrogens with zero attached hydrogens (tertiary/aromatic N) is 2. The monoisotopic (exact) mass is 455 g/mol. The van der Waals surface area contributed by atoms with Gasteiger partial charge in [0.15, 0.2) is 0 Å². The molecule has 2 aliphatic carbocycles. The van der Waals surface area contributed by atoms with Crippen LogP contribution < -0.4 is 5.32 Å². The van der Waals surface area contributed by atoms with Gasteiger partial charge >= 0.3 is 0 Å². The van der Waals surface area contributed by atoms with Gasteiger partial charge in [-0.15, -0.1) is 0 Å². The number of morpholine rings is 1. The molecule has 1 N–H and O–H groups in total. The molecule has 6 heteroatoms. The van der Waals surface area contributed by atoms with Crippen molar-refractivity contribution in [3.05, 3.63) is 40.7 Å². The third-order valence-electron chi connectivity index (χ3n) is 7.12. The number of aryl methyl sites for hydroxylation is 1. The Bertz CT molecular complexity index is 862. The minimum Gasteiger partial charge on any atom is -0.385 e. The van der Waals surface area contributed by atoms with Gasteiger partial charge in [-0.25, -0.2) is 0 Å². The number of allylic oxidation sites excluding steroid dienone is 3. The molecule has 0 radical (unpaired) electrons. The number of aromatic nitrogens is 1. The number of hydrogen-bond donors (Lipinski definition) is 1. The van der Waals surface area contributed by atoms with Crippen LogP contribution in [0.4, 0.5) is 0 Å². The maximum Gasteiger partial charge on any atom is 0.253 e. The minimum atomic E-state index is -0.372. The van der Waals surface area contributed by atoms with Crippen LogP contribution in [-0.4, -0.2) is 60.9 Å². The molecule has 2 fully saturated rings. The van der Waals surface area contributed by atoms with Crippen LogP contribution in [0.3, 0.4) is 0 Å². The SMILES string of the molecule is COCCCCn1cc([C@H](C)N(C(=O)[C@H]2CNCCO2)C2CC2)c2c1CCC/C=C(C)/C=C\2. The minimum absolute atomic E-state index is 0.0270. The second-order valence-corrected chi connectivity index (χ2v) is 9.73. The molecule has 182 valence electrons. The van der Waals surface area contributed by atoms with Gasteiger partial charge in [-0.05, 0) is 64.4 Å². The second kappa shape index (κ2) is 11.5. The Balaban J connectivity index is 1.65. The van der Waals surface area contributed by atoms with Crippen molar-refractivity contribution in [2.75, 3.05) is 33.4 Å². The van der Waals surface area contributed by atoms with E-state index in [1.165, 1.54) is 22.4 Å². The van der Waals surface area contributed by atoms with Crippen molar-refractivity contribution < 1.29 is 14.3 Å². The van der Waals surface area contributed by atoms with Gasteiger partial charge in [-0.1, -0.05) is 23.8 Å². The van der Waals surface area contributed by atoms with Crippen LogP contribution in [0.1, 0.15) is 75.2 Å². The van der Waals surface area contributed by atoms with E-state index in [0.717, 1.165) is 64.6 Å². The molecule has 2 heterocycles. The summed E-state index contributed by atoms with van der Waals surface area (Å²) in [6.07, 6.45) is 16.5. The Morgan fingerprint density at radius 1 is 1.33 bits per heavy atom. The van der Waals surface area contributed by atoms with E-state index < -0.39 is 0 Å². The molecule has 0 unspecified atom stereocenters. The van der Waals surface area contributed by atoms with Crippen LogP contribution in [0.2, 0.25) is 0 Å². The summed E-state index contributed by atoms with van der Waals surface area (Å²) in [5.41, 5.74) is 5.30. The van der Waals surface area contributed by atoms with Gasteiger partial charge in [0.25, 0.3) is 5.91 Å². The maximum atomic E-state index is 13.6. The molecule has 6 nitrogen and oxygen atoms in total. The molecule has 1 aromatic rings. The number of amides is 1. The number of ether oxygens (including phenoxy) is 2. The summed E-state index contributed by atoms with van der Waals surface area (Å²) in [4.78, 5) is 15.7. The number of carbonyl (C=O) groups excluding carboxylic acids is 1. The van der Waals surface area contributed by atoms with Crippen molar-refractivity contribution in [2.45, 2.75) is 83.5 Å². The van der Waals surface area contributed by atoms with Gasteiger partial charge in [-0.3, -0.25) is 4.79 Å². The Labute approximate surface area is 199 Å². The van der Waals surface area contributed by atoms with Gasteiger partial charge in [-0.2, -0.15) is 0 Å². The number of rotatable bonds is 9. The molecule has 1 amide bonds. The summed E-state index contributed by atoms with van der Waals surface area (Å²) in [6, 6.07) is 0.361. The zero-order valence-electron chi connectivity index (χ0n) is 20.6. The summed E-state index contributed by atoms with van der Waals surface area (Å²) >= 11 is 0. The fraction of sp³-hybridized carbons (Fsp3) is 0.667. The van der Waals surface area contributed by atoms with E-state index in [1.54, 1.807) is 7.11 Å². The first-order chi connectivity index (χ1) is 16.1. The summed E-state index contributed by atoms with van der Waals surface area (Å²) in [7, 11) is 1.77. The number of fused-ring (bicyclic) bond motifs is 1. The van der Waals surface area contributed by atoms with Crippen LogP contribution >= 0.6 is 0 Å². The molecule has 3 aliphatic rings. The van der Waals surface area contributed by atoms with Crippen LogP contribution in [0.5, 0.6) is 0 Å². The standard InChI is InChI=1S/C27H41N3O3/c1-20-8-4-5-9-25-23(13-10-20)24(19-29(25)15-6-7-16-32-3)21(2)30(22-11-12-22)27(31)26-18-28-14-17-33-26/h8,10,13,19,21-22,26,28H,4-7,9,11-12,14-18H2,1-3H3/b13-10-,20-8+/t21-,26+/m0/s1. The lowest BCUT2D eigenvalue weighted by molar-refractivity contribution is -0.148. The first-order valence-electron chi connectivity index (χ1n) is 12.8. The van der Waals surface area contributed by atoms with E-state index in [1.807, 2.05) is 0 Å². The lowest BCUT2D eigenvalue weighted by atomic mass is 10.00. The average molecular weight is 456 g/mol. The smallest absolute Gasteiger partial charge is 0.253 e. The Morgan fingerprint density at radius 3 is 2.91 bits per heavy atom. The van der Waals surface area contributed by atoms with Gasteiger partial charge in [0.2, 0.25) is 0 Å². The summed E-state index contributed by atoms with van der Waals surface area (Å²) in [6.45, 7) is 8.21. The van der Waals surface area contributed by atoms with E-state index in [-0.39, 0.29) is 18.1 Å². The largest absolute Gasteiger partial charge is 0.385 e. The van der Waals surface area contributed by atoms with Gasteiger partial charge < -0.3 is 24.3 Å². The fourth-order valence-corrected chi connectivity index (χ4v) is 5.13. The van der Waals surface area contributed by atoms with Crippen LogP contribution in [0.25, 0.3) is 6.08 Å². The first kappa shape index (κ1) is 24.2. The molecular formula is C27H41N3O3. The molecule has 0 bridgehead atoms. The predicted octanol–water partition coefficient (Wildman–Crippen LogP) is 4.25. The molecule has 0 spiro atoms. The maximum absolute atomic E-state index is 13.6. The molecule has 0 aromatic carbocycles. The van der Waals surface area contributed by atoms with Crippen LogP contribution in [0, 0.1) is 0 Å². The average Bonchev–Trinajstić information content (AvgIpc) is 3.58. The van der Waals surface area contributed by atoms with Crippen molar-refractivity contribution in [1.29, 1.82) is 0 Å². The Morgan fingerprint density at radius 2 is 2.18 bits per heavy atom. The van der Waals surface area contributed by atoms with Crippen LogP contribution in [-0.2, 0) is 27.2 Å². The highest BCUT2D eigenvalue weighted by Gasteiger charge is 2.40. The van der Waals surface area contributed by atoms with Gasteiger partial charge in [0.1, 0.15) is 6.10 Å². The normalized spacial score (nSPS) is 24.6. The zero-order valence-corrected chi connectivity index (χ0v) is 20.6. The number of carbonyl (C=O) groups is 1. The molecular weight excluding hydrogens is 414 g/mol. The molecule has 1 saturated carbocycles. The third kappa shape index (κ3) is 5.97. The highest BCUT2D eigenvalue weighted by Crippen LogP contribution is 2.38. The van der Waals surface area contributed by atoms with E-state index in [4.69, 9.17) is 9.47 Å². The molecule has 1 aliphatic heterocycles. The third-order valence-corrected chi connectivity index (χ3v) is 7.12. The van der Waals surface area contributed by atoms with E-state index in [2.05, 4.69) is 53.1 Å². The van der Waals surface area contributed by atoms with E-state index >= 15 is 0 Å². The van der Waals surface area contributed by atoms with E-state index in [0.29, 0.717) is 19.2 Å². The lowest BCUT2D eigenvalue weighted by Crippen LogP contribution is -2.50. The van der Waals surface area contributed by atoms with Crippen molar-refractivity contribution in [3.8, 4) is 0 Å². The summed E-state index contributed by atoms with van der Waals surface area (Å²) in [5, 5.41) is 3.32. The molecule has 1 saturated heterocycles. The lowest BCUT2D eigenvalue weighted by Gasteiger charge is -2.34.